The molecule has 0 unspecified atom stereocenters. The summed E-state index contributed by atoms with van der Waals surface area (Å²) in [6.07, 6.45) is 0.754. The fraction of sp³-hybridized carbons (Fsp3) is 0.250. The number of aryl methyl sites for hydroxylation is 1. The minimum atomic E-state index is -0.594. The summed E-state index contributed by atoms with van der Waals surface area (Å²) < 4.78 is 5.19. The molecule has 0 saturated heterocycles. The Bertz CT molecular complexity index is 823. The number of amides is 1. The van der Waals surface area contributed by atoms with Gasteiger partial charge in [-0.3, -0.25) is 14.9 Å². The molecule has 0 aliphatic heterocycles. The van der Waals surface area contributed by atoms with Gasteiger partial charge >= 0.3 is 5.69 Å². The highest BCUT2D eigenvalue weighted by atomic mass is 32.1. The fourth-order valence-electron chi connectivity index (χ4n) is 2.05. The average Bonchev–Trinajstić information content (AvgIpc) is 2.97. The third kappa shape index (κ3) is 3.70. The minimum Gasteiger partial charge on any atom is -0.487 e. The molecule has 0 spiro atoms. The maximum absolute atomic E-state index is 12.3. The van der Waals surface area contributed by atoms with E-state index in [2.05, 4.69) is 5.32 Å². The molecule has 1 N–H and O–H groups in total. The Morgan fingerprint density at radius 1 is 1.42 bits per heavy atom. The van der Waals surface area contributed by atoms with Crippen molar-refractivity contribution in [2.45, 2.75) is 20.3 Å². The van der Waals surface area contributed by atoms with Crippen LogP contribution in [0, 0.1) is 21.4 Å². The largest absolute Gasteiger partial charge is 0.487 e. The second-order valence-corrected chi connectivity index (χ2v) is 5.88. The van der Waals surface area contributed by atoms with Crippen molar-refractivity contribution in [1.82, 2.24) is 0 Å². The highest BCUT2D eigenvalue weighted by molar-refractivity contribution is 7.16. The smallest absolute Gasteiger partial charge is 0.311 e. The van der Waals surface area contributed by atoms with Crippen molar-refractivity contribution in [2.75, 3.05) is 11.9 Å². The van der Waals surface area contributed by atoms with E-state index in [9.17, 15) is 14.9 Å². The third-order valence-electron chi connectivity index (χ3n) is 3.20. The van der Waals surface area contributed by atoms with Crippen LogP contribution in [-0.2, 0) is 6.42 Å². The summed E-state index contributed by atoms with van der Waals surface area (Å²) in [4.78, 5) is 23.8. The summed E-state index contributed by atoms with van der Waals surface area (Å²) in [6, 6.07) is 7.77. The number of nitrogens with one attached hydrogen (secondary N) is 1. The first-order chi connectivity index (χ1) is 11.5. The van der Waals surface area contributed by atoms with Crippen LogP contribution in [0.1, 0.15) is 34.6 Å². The number of hydrogen-bond acceptors (Lipinski definition) is 6. The summed E-state index contributed by atoms with van der Waals surface area (Å²) in [5.41, 5.74) is 0.233. The van der Waals surface area contributed by atoms with E-state index in [1.807, 2.05) is 13.0 Å². The van der Waals surface area contributed by atoms with Gasteiger partial charge in [0.15, 0.2) is 5.75 Å². The van der Waals surface area contributed by atoms with E-state index in [0.29, 0.717) is 10.6 Å². The Morgan fingerprint density at radius 3 is 2.75 bits per heavy atom. The lowest BCUT2D eigenvalue weighted by atomic mass is 10.1. The number of nitrogens with zero attached hydrogens (tertiary/aromatic N) is 2. The number of carbonyl (C=O) groups excluding carboxylic acids is 1. The van der Waals surface area contributed by atoms with E-state index in [-0.39, 0.29) is 23.6 Å². The number of ether oxygens (including phenoxy) is 1. The minimum absolute atomic E-state index is 0.112. The Morgan fingerprint density at radius 2 is 2.17 bits per heavy atom. The molecule has 0 atom stereocenters. The van der Waals surface area contributed by atoms with Crippen LogP contribution < -0.4 is 10.1 Å². The standard InChI is InChI=1S/C16H15N3O4S/c1-3-12-7-11(9-17)16(24-12)18-15(20)10-5-6-14(23-4-2)13(8-10)19(21)22/h5-8H,3-4H2,1-2H3,(H,18,20). The molecule has 124 valence electrons. The summed E-state index contributed by atoms with van der Waals surface area (Å²) in [5, 5.41) is 23.3. The molecule has 0 fully saturated rings. The number of benzene rings is 1. The summed E-state index contributed by atoms with van der Waals surface area (Å²) in [5.74, 6) is -0.400. The van der Waals surface area contributed by atoms with Crippen molar-refractivity contribution in [2.24, 2.45) is 0 Å². The lowest BCUT2D eigenvalue weighted by Crippen LogP contribution is -2.12. The predicted molar refractivity (Wildman–Crippen MR) is 90.6 cm³/mol. The van der Waals surface area contributed by atoms with Crippen molar-refractivity contribution in [1.29, 1.82) is 5.26 Å². The van der Waals surface area contributed by atoms with Gasteiger partial charge in [0.25, 0.3) is 5.91 Å². The van der Waals surface area contributed by atoms with Crippen LogP contribution in [0.5, 0.6) is 5.75 Å². The SMILES string of the molecule is CCOc1ccc(C(=O)Nc2sc(CC)cc2C#N)cc1[N+](=O)[O-]. The quantitative estimate of drug-likeness (QED) is 0.634. The number of anilines is 1. The molecule has 1 aromatic heterocycles. The van der Waals surface area contributed by atoms with E-state index < -0.39 is 10.8 Å². The van der Waals surface area contributed by atoms with Crippen LogP contribution >= 0.6 is 11.3 Å². The topological polar surface area (TPSA) is 105 Å². The number of carbonyl (C=O) groups is 1. The van der Waals surface area contributed by atoms with E-state index in [0.717, 1.165) is 11.3 Å². The molecular formula is C16H15N3O4S. The Hall–Kier alpha value is -2.92. The first kappa shape index (κ1) is 17.4. The molecule has 2 aromatic rings. The summed E-state index contributed by atoms with van der Waals surface area (Å²) >= 11 is 1.32. The van der Waals surface area contributed by atoms with Crippen molar-refractivity contribution < 1.29 is 14.5 Å². The van der Waals surface area contributed by atoms with Gasteiger partial charge in [-0.05, 0) is 31.5 Å². The van der Waals surface area contributed by atoms with E-state index in [1.165, 1.54) is 29.5 Å². The van der Waals surface area contributed by atoms with Crippen LogP contribution in [0.3, 0.4) is 0 Å². The molecular weight excluding hydrogens is 330 g/mol. The molecule has 7 nitrogen and oxygen atoms in total. The van der Waals surface area contributed by atoms with Crippen molar-refractivity contribution >= 4 is 27.9 Å². The zero-order chi connectivity index (χ0) is 17.7. The van der Waals surface area contributed by atoms with Gasteiger partial charge in [-0.1, -0.05) is 6.92 Å². The summed E-state index contributed by atoms with van der Waals surface area (Å²) in [6.45, 7) is 3.96. The van der Waals surface area contributed by atoms with Gasteiger partial charge in [-0.2, -0.15) is 5.26 Å². The number of hydrogen-bond donors (Lipinski definition) is 1. The van der Waals surface area contributed by atoms with Gasteiger partial charge in [0.2, 0.25) is 0 Å². The van der Waals surface area contributed by atoms with Crippen LogP contribution in [-0.4, -0.2) is 17.4 Å². The van der Waals surface area contributed by atoms with Crippen LogP contribution in [0.25, 0.3) is 0 Å². The molecule has 1 amide bonds. The number of nitro groups is 1. The number of rotatable bonds is 6. The second-order valence-electron chi connectivity index (χ2n) is 4.75. The molecule has 0 aliphatic carbocycles. The normalized spacial score (nSPS) is 10.0. The molecule has 24 heavy (non-hydrogen) atoms. The lowest BCUT2D eigenvalue weighted by molar-refractivity contribution is -0.385. The Kier molecular flexibility index (Phi) is 5.50. The lowest BCUT2D eigenvalue weighted by Gasteiger charge is -2.07. The van der Waals surface area contributed by atoms with Crippen molar-refractivity contribution in [3.63, 3.8) is 0 Å². The van der Waals surface area contributed by atoms with Gasteiger partial charge < -0.3 is 10.1 Å². The average molecular weight is 345 g/mol. The van der Waals surface area contributed by atoms with E-state index >= 15 is 0 Å². The molecule has 0 bridgehead atoms. The molecule has 0 radical (unpaired) electrons. The van der Waals surface area contributed by atoms with Crippen LogP contribution in [0.15, 0.2) is 24.3 Å². The zero-order valence-corrected chi connectivity index (χ0v) is 14.0. The van der Waals surface area contributed by atoms with Gasteiger partial charge in [-0.25, -0.2) is 0 Å². The third-order valence-corrected chi connectivity index (χ3v) is 4.39. The second kappa shape index (κ2) is 7.57. The number of nitriles is 1. The first-order valence-corrected chi connectivity index (χ1v) is 8.07. The molecule has 1 heterocycles. The number of nitro benzene ring substituents is 1. The summed E-state index contributed by atoms with van der Waals surface area (Å²) in [7, 11) is 0. The molecule has 0 aliphatic rings. The Labute approximate surface area is 142 Å². The zero-order valence-electron chi connectivity index (χ0n) is 13.2. The highest BCUT2D eigenvalue weighted by Gasteiger charge is 2.20. The fourth-order valence-corrected chi connectivity index (χ4v) is 2.99. The molecule has 1 aromatic carbocycles. The number of thiophene rings is 1. The maximum atomic E-state index is 12.3. The Balaban J connectivity index is 2.30. The van der Waals surface area contributed by atoms with Crippen LogP contribution in [0.4, 0.5) is 10.7 Å². The predicted octanol–water partition coefficient (Wildman–Crippen LogP) is 3.74. The van der Waals surface area contributed by atoms with Crippen LogP contribution in [0.2, 0.25) is 0 Å². The van der Waals surface area contributed by atoms with E-state index in [4.69, 9.17) is 10.00 Å². The van der Waals surface area contributed by atoms with Gasteiger partial charge in [0, 0.05) is 16.5 Å². The van der Waals surface area contributed by atoms with Crippen molar-refractivity contribution in [3.8, 4) is 11.8 Å². The van der Waals surface area contributed by atoms with Crippen molar-refractivity contribution in [3.05, 3.63) is 50.4 Å². The van der Waals surface area contributed by atoms with E-state index in [1.54, 1.807) is 13.0 Å². The van der Waals surface area contributed by atoms with Gasteiger partial charge in [0.1, 0.15) is 11.1 Å². The first-order valence-electron chi connectivity index (χ1n) is 7.25. The van der Waals surface area contributed by atoms with Gasteiger partial charge in [0.05, 0.1) is 17.1 Å². The maximum Gasteiger partial charge on any atom is 0.311 e. The highest BCUT2D eigenvalue weighted by Crippen LogP contribution is 2.30. The molecule has 0 saturated carbocycles. The molecule has 8 heteroatoms. The van der Waals surface area contributed by atoms with Gasteiger partial charge in [-0.15, -0.1) is 11.3 Å². The monoisotopic (exact) mass is 345 g/mol. The molecule has 2 rings (SSSR count).